The van der Waals surface area contributed by atoms with Gasteiger partial charge < -0.3 is 15.6 Å². The summed E-state index contributed by atoms with van der Waals surface area (Å²) in [5, 5.41) is 16.2. The number of hydrogen-bond donors (Lipinski definition) is 3. The molecule has 4 N–H and O–H groups in total. The van der Waals surface area contributed by atoms with Crippen molar-refractivity contribution >= 4 is 6.72 Å². The van der Waals surface area contributed by atoms with Crippen molar-refractivity contribution in [3.05, 3.63) is 48.4 Å². The number of hydrogen-bond acceptors (Lipinski definition) is 6. The van der Waals surface area contributed by atoms with Gasteiger partial charge in [0.05, 0.1) is 6.42 Å². The van der Waals surface area contributed by atoms with Crippen molar-refractivity contribution < 1.29 is 9.84 Å². The van der Waals surface area contributed by atoms with Gasteiger partial charge in [-0.15, -0.1) is 0 Å². The number of ether oxygens (including phenoxy) is 1. The molecule has 0 spiro atoms. The number of nitrogens with one attached hydrogen (secondary N) is 1. The number of aliphatic imine (C=N–C) groups is 1. The zero-order valence-electron chi connectivity index (χ0n) is 12.6. The molecule has 1 heterocycles. The molecule has 1 unspecified atom stereocenters. The summed E-state index contributed by atoms with van der Waals surface area (Å²) in [5.41, 5.74) is 7.50. The molecule has 2 rings (SSSR count). The van der Waals surface area contributed by atoms with E-state index >= 15 is 0 Å². The van der Waals surface area contributed by atoms with E-state index in [1.165, 1.54) is 13.3 Å². The Bertz CT molecular complexity index is 574. The highest BCUT2D eigenvalue weighted by atomic mass is 16.6. The van der Waals surface area contributed by atoms with Crippen LogP contribution in [0.3, 0.4) is 0 Å². The van der Waals surface area contributed by atoms with E-state index < -0.39 is 6.29 Å². The Labute approximate surface area is 129 Å². The van der Waals surface area contributed by atoms with Gasteiger partial charge in [-0.25, -0.2) is 4.98 Å². The number of benzene rings is 1. The molecule has 22 heavy (non-hydrogen) atoms. The number of nitrogens with zero attached hydrogens (tertiary/aromatic N) is 3. The van der Waals surface area contributed by atoms with E-state index in [0.29, 0.717) is 18.2 Å². The fraction of sp³-hybridized carbons (Fsp3) is 0.267. The van der Waals surface area contributed by atoms with Crippen molar-refractivity contribution in [3.8, 4) is 11.4 Å². The third kappa shape index (κ3) is 5.57. The van der Waals surface area contributed by atoms with Crippen LogP contribution in [0.25, 0.3) is 11.4 Å². The number of aliphatic hydroxyl groups is 1. The van der Waals surface area contributed by atoms with Crippen LogP contribution < -0.4 is 5.73 Å². The van der Waals surface area contributed by atoms with Crippen molar-refractivity contribution in [2.45, 2.75) is 19.3 Å². The molecule has 0 radical (unpaired) electrons. The van der Waals surface area contributed by atoms with E-state index in [9.17, 15) is 5.11 Å². The van der Waals surface area contributed by atoms with Gasteiger partial charge in [-0.05, 0) is 12.3 Å². The van der Waals surface area contributed by atoms with Crippen molar-refractivity contribution in [1.82, 2.24) is 15.2 Å². The number of aromatic amines is 1. The summed E-state index contributed by atoms with van der Waals surface area (Å²) >= 11 is 0. The van der Waals surface area contributed by atoms with Crippen LogP contribution in [0.1, 0.15) is 11.4 Å². The average Bonchev–Trinajstić information content (AvgIpc) is 3.03. The molecule has 7 heteroatoms. The van der Waals surface area contributed by atoms with Crippen molar-refractivity contribution in [1.29, 1.82) is 0 Å². The predicted octanol–water partition coefficient (Wildman–Crippen LogP) is 1.27. The van der Waals surface area contributed by atoms with E-state index in [0.717, 1.165) is 11.1 Å². The van der Waals surface area contributed by atoms with E-state index in [-0.39, 0.29) is 6.42 Å². The SMILES string of the molecule is C=CN=C.COC(O)Cc1nc(-c2ccc(CN)cc2)n[nH]1. The van der Waals surface area contributed by atoms with E-state index in [2.05, 4.69) is 33.5 Å². The summed E-state index contributed by atoms with van der Waals surface area (Å²) < 4.78 is 4.75. The molecule has 0 fully saturated rings. The fourth-order valence-electron chi connectivity index (χ4n) is 1.55. The number of aromatic nitrogens is 3. The quantitative estimate of drug-likeness (QED) is 0.550. The summed E-state index contributed by atoms with van der Waals surface area (Å²) in [6, 6.07) is 7.72. The summed E-state index contributed by atoms with van der Waals surface area (Å²) in [7, 11) is 1.44. The van der Waals surface area contributed by atoms with Crippen LogP contribution in [0.4, 0.5) is 0 Å². The Balaban J connectivity index is 0.000000541. The zero-order chi connectivity index (χ0) is 16.4. The minimum atomic E-state index is -0.870. The zero-order valence-corrected chi connectivity index (χ0v) is 12.6. The predicted molar refractivity (Wildman–Crippen MR) is 86.2 cm³/mol. The second kappa shape index (κ2) is 9.56. The molecule has 2 aromatic rings. The Kier molecular flexibility index (Phi) is 7.69. The molecule has 1 aromatic heterocycles. The second-order valence-electron chi connectivity index (χ2n) is 4.27. The third-order valence-electron chi connectivity index (χ3n) is 2.75. The van der Waals surface area contributed by atoms with Gasteiger partial charge in [-0.1, -0.05) is 30.8 Å². The van der Waals surface area contributed by atoms with E-state index in [4.69, 9.17) is 10.5 Å². The average molecular weight is 303 g/mol. The molecule has 1 atom stereocenters. The summed E-state index contributed by atoms with van der Waals surface area (Å²) in [6.45, 7) is 6.87. The molecule has 0 amide bonds. The summed E-state index contributed by atoms with van der Waals surface area (Å²) in [5.74, 6) is 1.18. The van der Waals surface area contributed by atoms with E-state index in [1.807, 2.05) is 24.3 Å². The summed E-state index contributed by atoms with van der Waals surface area (Å²) in [4.78, 5) is 7.54. The van der Waals surface area contributed by atoms with Crippen LogP contribution in [0, 0.1) is 0 Å². The second-order valence-corrected chi connectivity index (χ2v) is 4.27. The van der Waals surface area contributed by atoms with Crippen LogP contribution in [0.15, 0.2) is 42.0 Å². The lowest BCUT2D eigenvalue weighted by Crippen LogP contribution is -2.13. The topological polar surface area (TPSA) is 109 Å². The first kappa shape index (κ1) is 17.7. The molecule has 118 valence electrons. The van der Waals surface area contributed by atoms with Gasteiger partial charge in [0, 0.05) is 25.4 Å². The Morgan fingerprint density at radius 1 is 1.45 bits per heavy atom. The van der Waals surface area contributed by atoms with Gasteiger partial charge in [-0.3, -0.25) is 10.1 Å². The van der Waals surface area contributed by atoms with Gasteiger partial charge in [0.25, 0.3) is 0 Å². The largest absolute Gasteiger partial charge is 0.368 e. The molecular weight excluding hydrogens is 282 g/mol. The van der Waals surface area contributed by atoms with Crippen LogP contribution in [0.5, 0.6) is 0 Å². The van der Waals surface area contributed by atoms with Gasteiger partial charge in [-0.2, -0.15) is 5.10 Å². The van der Waals surface area contributed by atoms with Crippen LogP contribution >= 0.6 is 0 Å². The number of nitrogens with two attached hydrogens (primary N) is 1. The Morgan fingerprint density at radius 2 is 2.09 bits per heavy atom. The minimum Gasteiger partial charge on any atom is -0.368 e. The molecule has 1 aromatic carbocycles. The normalized spacial score (nSPS) is 11.2. The molecule has 7 nitrogen and oxygen atoms in total. The fourth-order valence-corrected chi connectivity index (χ4v) is 1.55. The first-order valence-electron chi connectivity index (χ1n) is 6.62. The van der Waals surface area contributed by atoms with Crippen molar-refractivity contribution in [2.75, 3.05) is 7.11 Å². The standard InChI is InChI=1S/C12H16N4O2.C3H5N/c1-18-11(17)6-10-14-12(16-15-10)9-4-2-8(7-13)3-5-9;1-3-4-2/h2-5,11,17H,6-7,13H2,1H3,(H,14,15,16);3H,1-2H2. The highest BCUT2D eigenvalue weighted by Gasteiger charge is 2.09. The Hall–Kier alpha value is -2.35. The number of rotatable bonds is 6. The van der Waals surface area contributed by atoms with Gasteiger partial charge in [0.15, 0.2) is 12.1 Å². The molecule has 0 aliphatic heterocycles. The maximum absolute atomic E-state index is 9.34. The Morgan fingerprint density at radius 3 is 2.59 bits per heavy atom. The number of aliphatic hydroxyl groups excluding tert-OH is 1. The number of H-pyrrole nitrogens is 1. The number of methoxy groups -OCH3 is 1. The smallest absolute Gasteiger partial charge is 0.181 e. The summed E-state index contributed by atoms with van der Waals surface area (Å²) in [6.07, 6.45) is 0.801. The maximum Gasteiger partial charge on any atom is 0.181 e. The van der Waals surface area contributed by atoms with Crippen LogP contribution in [-0.4, -0.2) is 40.4 Å². The first-order valence-corrected chi connectivity index (χ1v) is 6.62. The third-order valence-corrected chi connectivity index (χ3v) is 2.75. The lowest BCUT2D eigenvalue weighted by Gasteiger charge is -2.04. The van der Waals surface area contributed by atoms with Gasteiger partial charge in [0.1, 0.15) is 5.82 Å². The molecule has 0 saturated heterocycles. The van der Waals surface area contributed by atoms with E-state index in [1.54, 1.807) is 0 Å². The maximum atomic E-state index is 9.34. The molecule has 0 aliphatic rings. The van der Waals surface area contributed by atoms with Gasteiger partial charge >= 0.3 is 0 Å². The molecular formula is C15H21N5O2. The highest BCUT2D eigenvalue weighted by Crippen LogP contribution is 2.15. The molecule has 0 bridgehead atoms. The van der Waals surface area contributed by atoms with Crippen LogP contribution in [0.2, 0.25) is 0 Å². The molecule has 0 saturated carbocycles. The highest BCUT2D eigenvalue weighted by molar-refractivity contribution is 5.54. The molecule has 0 aliphatic carbocycles. The monoisotopic (exact) mass is 303 g/mol. The minimum absolute atomic E-state index is 0.282. The lowest BCUT2D eigenvalue weighted by atomic mass is 10.1. The van der Waals surface area contributed by atoms with Crippen LogP contribution in [-0.2, 0) is 17.7 Å². The lowest BCUT2D eigenvalue weighted by molar-refractivity contribution is -0.0731. The first-order chi connectivity index (χ1) is 10.6. The van der Waals surface area contributed by atoms with Crippen molar-refractivity contribution in [2.24, 2.45) is 10.7 Å². The van der Waals surface area contributed by atoms with Crippen molar-refractivity contribution in [3.63, 3.8) is 0 Å². The van der Waals surface area contributed by atoms with Gasteiger partial charge in [0.2, 0.25) is 0 Å².